The van der Waals surface area contributed by atoms with Crippen LogP contribution >= 0.6 is 23.4 Å². The van der Waals surface area contributed by atoms with Crippen LogP contribution in [-0.4, -0.2) is 21.6 Å². The molecule has 1 unspecified atom stereocenters. The molecule has 1 aromatic heterocycles. The lowest BCUT2D eigenvalue weighted by Gasteiger charge is -2.34. The summed E-state index contributed by atoms with van der Waals surface area (Å²) in [6, 6.07) is 9.76. The number of hydrogen-bond acceptors (Lipinski definition) is 4. The van der Waals surface area contributed by atoms with Crippen LogP contribution in [-0.2, 0) is 4.79 Å². The number of benzene rings is 1. The number of amides is 1. The molecule has 1 saturated carbocycles. The average molecular weight is 376 g/mol. The molecule has 4 nitrogen and oxygen atoms in total. The smallest absolute Gasteiger partial charge is 0.230 e. The van der Waals surface area contributed by atoms with Gasteiger partial charge in [-0.05, 0) is 56.4 Å². The van der Waals surface area contributed by atoms with E-state index in [4.69, 9.17) is 11.6 Å². The van der Waals surface area contributed by atoms with Gasteiger partial charge in [0, 0.05) is 16.4 Å². The van der Waals surface area contributed by atoms with Gasteiger partial charge in [0.2, 0.25) is 5.91 Å². The molecule has 1 N–H and O–H groups in total. The van der Waals surface area contributed by atoms with E-state index in [1.54, 1.807) is 0 Å². The third-order valence-electron chi connectivity index (χ3n) is 4.46. The quantitative estimate of drug-likeness (QED) is 0.596. The minimum Gasteiger partial charge on any atom is -0.348 e. The van der Waals surface area contributed by atoms with E-state index in [9.17, 15) is 4.79 Å². The van der Waals surface area contributed by atoms with E-state index in [2.05, 4.69) is 15.3 Å². The summed E-state index contributed by atoms with van der Waals surface area (Å²) >= 11 is 7.37. The Morgan fingerprint density at radius 1 is 1.24 bits per heavy atom. The molecule has 0 aliphatic heterocycles. The minimum absolute atomic E-state index is 0.0135. The highest BCUT2D eigenvalue weighted by atomic mass is 35.5. The summed E-state index contributed by atoms with van der Waals surface area (Å²) in [5.74, 6) is 0.840. The lowest BCUT2D eigenvalue weighted by Crippen LogP contribution is -2.37. The molecule has 1 heterocycles. The van der Waals surface area contributed by atoms with Gasteiger partial charge in [0.25, 0.3) is 0 Å². The first-order valence-corrected chi connectivity index (χ1v) is 9.87. The molecule has 1 aliphatic carbocycles. The van der Waals surface area contributed by atoms with E-state index in [-0.39, 0.29) is 11.9 Å². The zero-order valence-electron chi connectivity index (χ0n) is 14.5. The van der Waals surface area contributed by atoms with Gasteiger partial charge in [0.1, 0.15) is 0 Å². The van der Waals surface area contributed by atoms with E-state index in [0.29, 0.717) is 21.8 Å². The normalized spacial score (nSPS) is 15.5. The zero-order valence-corrected chi connectivity index (χ0v) is 16.0. The van der Waals surface area contributed by atoms with E-state index in [1.807, 2.05) is 44.2 Å². The molecule has 6 heteroatoms. The number of nitrogens with zero attached hydrogens (tertiary/aromatic N) is 2. The molecule has 1 aromatic carbocycles. The SMILES string of the molecule is Cc1cc(C)nc(SCC(=O)NC(c2ccc(Cl)cc2)C2CCC2)n1. The largest absolute Gasteiger partial charge is 0.348 e. The standard InChI is InChI=1S/C19H22ClN3OS/c1-12-10-13(2)22-19(21-12)25-11-17(24)23-18(14-4-3-5-14)15-6-8-16(20)9-7-15/h6-10,14,18H,3-5,11H2,1-2H3,(H,23,24). The van der Waals surface area contributed by atoms with Crippen molar-refractivity contribution in [1.29, 1.82) is 0 Å². The molecule has 1 fully saturated rings. The molecule has 3 rings (SSSR count). The van der Waals surface area contributed by atoms with Crippen molar-refractivity contribution in [2.24, 2.45) is 5.92 Å². The van der Waals surface area contributed by atoms with Crippen molar-refractivity contribution in [3.63, 3.8) is 0 Å². The fraction of sp³-hybridized carbons (Fsp3) is 0.421. The molecule has 132 valence electrons. The summed E-state index contributed by atoms with van der Waals surface area (Å²) < 4.78 is 0. The third kappa shape index (κ3) is 4.95. The number of carbonyl (C=O) groups is 1. The molecule has 0 radical (unpaired) electrons. The second-order valence-corrected chi connectivity index (χ2v) is 7.89. The summed E-state index contributed by atoms with van der Waals surface area (Å²) in [4.78, 5) is 21.2. The maximum absolute atomic E-state index is 12.5. The first kappa shape index (κ1) is 18.2. The Morgan fingerprint density at radius 2 is 1.88 bits per heavy atom. The number of thioether (sulfide) groups is 1. The van der Waals surface area contributed by atoms with Crippen LogP contribution in [0.25, 0.3) is 0 Å². The first-order valence-electron chi connectivity index (χ1n) is 8.51. The Labute approximate surface area is 157 Å². The highest BCUT2D eigenvalue weighted by Gasteiger charge is 2.29. The summed E-state index contributed by atoms with van der Waals surface area (Å²) in [6.07, 6.45) is 3.54. The molecule has 1 aliphatic rings. The van der Waals surface area contributed by atoms with Gasteiger partial charge < -0.3 is 5.32 Å². The number of nitrogens with one attached hydrogen (secondary N) is 1. The van der Waals surface area contributed by atoms with Gasteiger partial charge >= 0.3 is 0 Å². The van der Waals surface area contributed by atoms with E-state index in [0.717, 1.165) is 29.8 Å². The van der Waals surface area contributed by atoms with Gasteiger partial charge in [-0.3, -0.25) is 4.79 Å². The van der Waals surface area contributed by atoms with Crippen LogP contribution in [0.15, 0.2) is 35.5 Å². The number of aryl methyl sites for hydroxylation is 2. The monoisotopic (exact) mass is 375 g/mol. The van der Waals surface area contributed by atoms with Crippen LogP contribution in [0.4, 0.5) is 0 Å². The Hall–Kier alpha value is -1.59. The highest BCUT2D eigenvalue weighted by Crippen LogP contribution is 2.38. The number of aromatic nitrogens is 2. The average Bonchev–Trinajstić information content (AvgIpc) is 2.50. The highest BCUT2D eigenvalue weighted by molar-refractivity contribution is 7.99. The predicted molar refractivity (Wildman–Crippen MR) is 102 cm³/mol. The minimum atomic E-state index is 0.0135. The van der Waals surface area contributed by atoms with E-state index < -0.39 is 0 Å². The molecule has 25 heavy (non-hydrogen) atoms. The van der Waals surface area contributed by atoms with Crippen LogP contribution in [0.1, 0.15) is 42.3 Å². The van der Waals surface area contributed by atoms with Crippen molar-refractivity contribution in [3.05, 3.63) is 52.3 Å². The van der Waals surface area contributed by atoms with Gasteiger partial charge in [0.05, 0.1) is 11.8 Å². The Bertz CT molecular complexity index is 727. The van der Waals surface area contributed by atoms with Crippen molar-refractivity contribution >= 4 is 29.3 Å². The lowest BCUT2D eigenvalue weighted by molar-refractivity contribution is -0.119. The maximum atomic E-state index is 12.5. The second kappa shape index (κ2) is 8.19. The molecule has 0 spiro atoms. The van der Waals surface area contributed by atoms with Crippen LogP contribution < -0.4 is 5.32 Å². The van der Waals surface area contributed by atoms with Crippen LogP contribution in [0.3, 0.4) is 0 Å². The summed E-state index contributed by atoms with van der Waals surface area (Å²) in [6.45, 7) is 3.87. The molecular formula is C19H22ClN3OS. The van der Waals surface area contributed by atoms with Crippen molar-refractivity contribution in [2.75, 3.05) is 5.75 Å². The van der Waals surface area contributed by atoms with Crippen LogP contribution in [0, 0.1) is 19.8 Å². The van der Waals surface area contributed by atoms with Crippen LogP contribution in [0.2, 0.25) is 5.02 Å². The number of halogens is 1. The number of hydrogen-bond donors (Lipinski definition) is 1. The van der Waals surface area contributed by atoms with Crippen molar-refractivity contribution in [3.8, 4) is 0 Å². The Balaban J connectivity index is 1.63. The van der Waals surface area contributed by atoms with Gasteiger partial charge in [-0.25, -0.2) is 9.97 Å². The van der Waals surface area contributed by atoms with Crippen molar-refractivity contribution in [1.82, 2.24) is 15.3 Å². The topological polar surface area (TPSA) is 54.9 Å². The lowest BCUT2D eigenvalue weighted by atomic mass is 9.77. The molecule has 0 bridgehead atoms. The maximum Gasteiger partial charge on any atom is 0.230 e. The van der Waals surface area contributed by atoms with E-state index in [1.165, 1.54) is 18.2 Å². The zero-order chi connectivity index (χ0) is 17.8. The first-order chi connectivity index (χ1) is 12.0. The van der Waals surface area contributed by atoms with Crippen LogP contribution in [0.5, 0.6) is 0 Å². The predicted octanol–water partition coefficient (Wildman–Crippen LogP) is 4.50. The van der Waals surface area contributed by atoms with Gasteiger partial charge in [-0.1, -0.05) is 41.9 Å². The fourth-order valence-corrected chi connectivity index (χ4v) is 3.91. The fourth-order valence-electron chi connectivity index (χ4n) is 3.02. The number of carbonyl (C=O) groups excluding carboxylic acids is 1. The second-order valence-electron chi connectivity index (χ2n) is 6.51. The third-order valence-corrected chi connectivity index (χ3v) is 5.56. The molecule has 1 atom stereocenters. The molecule has 2 aromatic rings. The number of rotatable bonds is 6. The summed E-state index contributed by atoms with van der Waals surface area (Å²) in [5.41, 5.74) is 2.96. The van der Waals surface area contributed by atoms with Gasteiger partial charge in [0.15, 0.2) is 5.16 Å². The molecule has 1 amide bonds. The van der Waals surface area contributed by atoms with Crippen molar-refractivity contribution < 1.29 is 4.79 Å². The van der Waals surface area contributed by atoms with Gasteiger partial charge in [-0.2, -0.15) is 0 Å². The molecule has 0 saturated heterocycles. The van der Waals surface area contributed by atoms with Crippen molar-refractivity contribution in [2.45, 2.75) is 44.3 Å². The summed E-state index contributed by atoms with van der Waals surface area (Å²) in [7, 11) is 0. The summed E-state index contributed by atoms with van der Waals surface area (Å²) in [5, 5.41) is 4.56. The Morgan fingerprint density at radius 3 is 2.44 bits per heavy atom. The van der Waals surface area contributed by atoms with Gasteiger partial charge in [-0.15, -0.1) is 0 Å². The molecular weight excluding hydrogens is 354 g/mol. The van der Waals surface area contributed by atoms with E-state index >= 15 is 0 Å². The Kier molecular flexibility index (Phi) is 5.97.